The van der Waals surface area contributed by atoms with Crippen LogP contribution in [0.5, 0.6) is 0 Å². The lowest BCUT2D eigenvalue weighted by Crippen LogP contribution is -2.63. The molecule has 0 saturated heterocycles. The normalized spacial score (nSPS) is 31.9. The molecule has 0 aromatic heterocycles. The Balaban J connectivity index is 2.32. The summed E-state index contributed by atoms with van der Waals surface area (Å²) in [6, 6.07) is 19.8. The molecule has 2 N–H and O–H groups in total. The molecular formula is C23H30O2. The van der Waals surface area contributed by atoms with Gasteiger partial charge < -0.3 is 10.2 Å². The molecule has 2 aromatic carbocycles. The van der Waals surface area contributed by atoms with Crippen LogP contribution in [0.25, 0.3) is 0 Å². The third kappa shape index (κ3) is 2.38. The molecule has 2 aromatic rings. The summed E-state index contributed by atoms with van der Waals surface area (Å²) in [4.78, 5) is 0. The number of rotatable bonds is 2. The zero-order valence-corrected chi connectivity index (χ0v) is 16.0. The lowest BCUT2D eigenvalue weighted by atomic mass is 9.57. The second kappa shape index (κ2) is 5.69. The van der Waals surface area contributed by atoms with Gasteiger partial charge in [-0.15, -0.1) is 0 Å². The predicted octanol–water partition coefficient (Wildman–Crippen LogP) is 4.87. The fourth-order valence-corrected chi connectivity index (χ4v) is 5.31. The summed E-state index contributed by atoms with van der Waals surface area (Å²) >= 11 is 0. The van der Waals surface area contributed by atoms with Gasteiger partial charge in [-0.05, 0) is 28.4 Å². The first kappa shape index (κ1) is 18.2. The Labute approximate surface area is 151 Å². The van der Waals surface area contributed by atoms with Crippen molar-refractivity contribution < 1.29 is 10.2 Å². The molecule has 1 aliphatic rings. The number of benzene rings is 2. The smallest absolute Gasteiger partial charge is 0.126 e. The van der Waals surface area contributed by atoms with Gasteiger partial charge in [0.05, 0.1) is 0 Å². The number of aliphatic hydroxyl groups is 2. The minimum atomic E-state index is -1.36. The molecule has 2 heteroatoms. The quantitative estimate of drug-likeness (QED) is 0.820. The molecule has 0 radical (unpaired) electrons. The highest BCUT2D eigenvalue weighted by Gasteiger charge is 2.72. The van der Waals surface area contributed by atoms with Crippen LogP contribution in [0.15, 0.2) is 60.7 Å². The van der Waals surface area contributed by atoms with Crippen molar-refractivity contribution in [1.82, 2.24) is 0 Å². The van der Waals surface area contributed by atoms with E-state index in [1.165, 1.54) is 0 Å². The Kier molecular flexibility index (Phi) is 4.13. The summed E-state index contributed by atoms with van der Waals surface area (Å²) in [5.74, 6) is -0.171. The summed E-state index contributed by atoms with van der Waals surface area (Å²) in [5, 5.41) is 24.3. The van der Waals surface area contributed by atoms with Crippen molar-refractivity contribution in [2.24, 2.45) is 10.8 Å². The molecule has 0 amide bonds. The molecule has 3 unspecified atom stereocenters. The maximum absolute atomic E-state index is 12.2. The first-order chi connectivity index (χ1) is 11.6. The summed E-state index contributed by atoms with van der Waals surface area (Å²) in [6.07, 6.45) is 0.718. The lowest BCUT2D eigenvalue weighted by molar-refractivity contribution is -0.234. The molecule has 0 bridgehead atoms. The minimum Gasteiger partial charge on any atom is -0.385 e. The molecule has 134 valence electrons. The van der Waals surface area contributed by atoms with Crippen LogP contribution >= 0.6 is 0 Å². The lowest BCUT2D eigenvalue weighted by Gasteiger charge is -2.54. The van der Waals surface area contributed by atoms with E-state index >= 15 is 0 Å². The summed E-state index contributed by atoms with van der Waals surface area (Å²) < 4.78 is 0. The largest absolute Gasteiger partial charge is 0.385 e. The Morgan fingerprint density at radius 2 is 1.32 bits per heavy atom. The average Bonchev–Trinajstić information content (AvgIpc) is 2.75. The Hall–Kier alpha value is -1.64. The molecule has 0 aliphatic heterocycles. The molecule has 0 heterocycles. The van der Waals surface area contributed by atoms with Crippen LogP contribution in [-0.4, -0.2) is 15.8 Å². The fraction of sp³-hybridized carbons (Fsp3) is 0.478. The molecule has 1 aliphatic carbocycles. The van der Waals surface area contributed by atoms with E-state index < -0.39 is 22.0 Å². The van der Waals surface area contributed by atoms with Crippen LogP contribution in [0.4, 0.5) is 0 Å². The van der Waals surface area contributed by atoms with Crippen molar-refractivity contribution in [2.45, 2.75) is 58.2 Å². The summed E-state index contributed by atoms with van der Waals surface area (Å²) in [7, 11) is 0. The van der Waals surface area contributed by atoms with E-state index in [1.54, 1.807) is 0 Å². The van der Waals surface area contributed by atoms with Crippen molar-refractivity contribution in [3.05, 3.63) is 71.8 Å². The van der Waals surface area contributed by atoms with Crippen LogP contribution in [0.3, 0.4) is 0 Å². The number of hydrogen-bond acceptors (Lipinski definition) is 2. The molecule has 2 nitrogen and oxygen atoms in total. The van der Waals surface area contributed by atoms with Gasteiger partial charge in [0, 0.05) is 5.92 Å². The maximum atomic E-state index is 12.2. The Morgan fingerprint density at radius 1 is 0.840 bits per heavy atom. The van der Waals surface area contributed by atoms with E-state index in [2.05, 4.69) is 26.0 Å². The highest BCUT2D eigenvalue weighted by molar-refractivity contribution is 5.41. The van der Waals surface area contributed by atoms with E-state index in [-0.39, 0.29) is 5.92 Å². The third-order valence-corrected chi connectivity index (χ3v) is 6.25. The van der Waals surface area contributed by atoms with Crippen LogP contribution < -0.4 is 0 Å². The monoisotopic (exact) mass is 338 g/mol. The zero-order valence-electron chi connectivity index (χ0n) is 16.0. The van der Waals surface area contributed by atoms with Gasteiger partial charge in [-0.25, -0.2) is 0 Å². The molecule has 3 rings (SSSR count). The SMILES string of the molecule is CC(C)(C)C1(O)C(C)(C)CC(c2ccccc2)C1(O)c1ccccc1. The van der Waals surface area contributed by atoms with Crippen molar-refractivity contribution in [1.29, 1.82) is 0 Å². The average molecular weight is 338 g/mol. The fourth-order valence-electron chi connectivity index (χ4n) is 5.31. The van der Waals surface area contributed by atoms with Crippen LogP contribution in [0.2, 0.25) is 0 Å². The molecule has 1 saturated carbocycles. The van der Waals surface area contributed by atoms with Gasteiger partial charge in [-0.2, -0.15) is 0 Å². The first-order valence-corrected chi connectivity index (χ1v) is 9.11. The van der Waals surface area contributed by atoms with E-state index in [1.807, 2.05) is 69.3 Å². The third-order valence-electron chi connectivity index (χ3n) is 6.25. The molecule has 1 fully saturated rings. The Morgan fingerprint density at radius 3 is 1.80 bits per heavy atom. The van der Waals surface area contributed by atoms with Crippen LogP contribution in [0.1, 0.15) is 58.1 Å². The van der Waals surface area contributed by atoms with Gasteiger partial charge in [0.25, 0.3) is 0 Å². The van der Waals surface area contributed by atoms with Gasteiger partial charge in [0.1, 0.15) is 11.2 Å². The topological polar surface area (TPSA) is 40.5 Å². The van der Waals surface area contributed by atoms with Crippen molar-refractivity contribution in [3.63, 3.8) is 0 Å². The van der Waals surface area contributed by atoms with Gasteiger partial charge in [0.2, 0.25) is 0 Å². The van der Waals surface area contributed by atoms with E-state index in [0.717, 1.165) is 17.5 Å². The van der Waals surface area contributed by atoms with Crippen LogP contribution in [0, 0.1) is 10.8 Å². The van der Waals surface area contributed by atoms with Crippen molar-refractivity contribution in [3.8, 4) is 0 Å². The summed E-state index contributed by atoms with van der Waals surface area (Å²) in [6.45, 7) is 10.2. The Bertz CT molecular complexity index is 730. The van der Waals surface area contributed by atoms with E-state index in [0.29, 0.717) is 0 Å². The molecule has 0 spiro atoms. The van der Waals surface area contributed by atoms with Crippen molar-refractivity contribution in [2.75, 3.05) is 0 Å². The van der Waals surface area contributed by atoms with Gasteiger partial charge in [-0.1, -0.05) is 95.3 Å². The second-order valence-electron chi connectivity index (χ2n) is 9.14. The standard InChI is InChI=1S/C23H30O2/c1-20(2,3)23(25)21(4,5)16-19(17-12-8-6-9-13-17)22(23,24)18-14-10-7-11-15-18/h6-15,19,24-25H,16H2,1-5H3. The maximum Gasteiger partial charge on any atom is 0.126 e. The van der Waals surface area contributed by atoms with Gasteiger partial charge in [0.15, 0.2) is 0 Å². The van der Waals surface area contributed by atoms with Gasteiger partial charge >= 0.3 is 0 Å². The zero-order chi connectivity index (χ0) is 18.5. The van der Waals surface area contributed by atoms with Gasteiger partial charge in [-0.3, -0.25) is 0 Å². The summed E-state index contributed by atoms with van der Waals surface area (Å²) in [5.41, 5.74) is -1.73. The highest BCUT2D eigenvalue weighted by atomic mass is 16.4. The second-order valence-corrected chi connectivity index (χ2v) is 9.14. The first-order valence-electron chi connectivity index (χ1n) is 9.11. The molecule has 25 heavy (non-hydrogen) atoms. The van der Waals surface area contributed by atoms with E-state index in [9.17, 15) is 10.2 Å². The molecule has 3 atom stereocenters. The molecular weight excluding hydrogens is 308 g/mol. The predicted molar refractivity (Wildman–Crippen MR) is 102 cm³/mol. The van der Waals surface area contributed by atoms with Crippen molar-refractivity contribution >= 4 is 0 Å². The van der Waals surface area contributed by atoms with E-state index in [4.69, 9.17) is 0 Å². The van der Waals surface area contributed by atoms with Crippen LogP contribution in [-0.2, 0) is 5.60 Å². The number of hydrogen-bond donors (Lipinski definition) is 2. The minimum absolute atomic E-state index is 0.171. The highest BCUT2D eigenvalue weighted by Crippen LogP contribution is 2.67.